The van der Waals surface area contributed by atoms with Gasteiger partial charge in [0, 0.05) is 38.0 Å². The van der Waals surface area contributed by atoms with Gasteiger partial charge in [-0.2, -0.15) is 0 Å². The number of pyridine rings is 1. The van der Waals surface area contributed by atoms with Gasteiger partial charge < -0.3 is 5.32 Å². The lowest BCUT2D eigenvalue weighted by Crippen LogP contribution is -2.13. The molecule has 0 aliphatic heterocycles. The molecule has 2 heterocycles. The molecule has 19 heavy (non-hydrogen) atoms. The van der Waals surface area contributed by atoms with E-state index in [1.165, 1.54) is 24.1 Å². The Morgan fingerprint density at radius 2 is 2.11 bits per heavy atom. The van der Waals surface area contributed by atoms with E-state index in [-0.39, 0.29) is 0 Å². The maximum atomic E-state index is 4.41. The number of rotatable bonds is 4. The van der Waals surface area contributed by atoms with Gasteiger partial charge in [0.25, 0.3) is 0 Å². The summed E-state index contributed by atoms with van der Waals surface area (Å²) in [6, 6.07) is 4.40. The van der Waals surface area contributed by atoms with E-state index < -0.39 is 0 Å². The first-order valence-corrected chi connectivity index (χ1v) is 8.74. The van der Waals surface area contributed by atoms with Gasteiger partial charge in [-0.15, -0.1) is 11.3 Å². The number of aryl methyl sites for hydroxylation is 2. The van der Waals surface area contributed by atoms with E-state index in [1.54, 1.807) is 10.4 Å². The molecule has 100 valence electrons. The predicted molar refractivity (Wildman–Crippen MR) is 86.5 cm³/mol. The third-order valence-corrected chi connectivity index (χ3v) is 5.63. The Bertz CT molecular complexity index is 574. The minimum absolute atomic E-state index is 0.788. The van der Waals surface area contributed by atoms with Gasteiger partial charge in [0.05, 0.1) is 5.69 Å². The summed E-state index contributed by atoms with van der Waals surface area (Å²) in [5, 5.41) is 3.47. The Balaban J connectivity index is 1.57. The van der Waals surface area contributed by atoms with Crippen LogP contribution in [0.1, 0.15) is 27.4 Å². The average Bonchev–Trinajstić information content (AvgIpc) is 2.92. The summed E-state index contributed by atoms with van der Waals surface area (Å²) >= 11 is 8.92. The first-order chi connectivity index (χ1) is 9.22. The van der Waals surface area contributed by atoms with E-state index in [9.17, 15) is 0 Å². The summed E-state index contributed by atoms with van der Waals surface area (Å²) in [4.78, 5) is 7.45. The molecule has 1 N–H and O–H groups in total. The Hall–Kier alpha value is -0.230. The largest absolute Gasteiger partial charge is 0.306 e. The smallest absolute Gasteiger partial charge is 0.0684 e. The molecule has 2 aromatic rings. The van der Waals surface area contributed by atoms with Gasteiger partial charge in [0.15, 0.2) is 0 Å². The van der Waals surface area contributed by atoms with Gasteiger partial charge in [-0.25, -0.2) is 0 Å². The number of halogens is 2. The van der Waals surface area contributed by atoms with E-state index in [1.807, 2.05) is 23.6 Å². The van der Waals surface area contributed by atoms with Crippen LogP contribution < -0.4 is 5.32 Å². The Morgan fingerprint density at radius 1 is 1.21 bits per heavy atom. The molecule has 1 aliphatic rings. The highest BCUT2D eigenvalue weighted by Crippen LogP contribution is 2.30. The minimum atomic E-state index is 0.788. The van der Waals surface area contributed by atoms with Crippen molar-refractivity contribution in [3.05, 3.63) is 48.3 Å². The first kappa shape index (κ1) is 13.7. The van der Waals surface area contributed by atoms with Crippen molar-refractivity contribution in [3.8, 4) is 0 Å². The van der Waals surface area contributed by atoms with Crippen molar-refractivity contribution in [2.24, 2.45) is 0 Å². The molecule has 0 saturated heterocycles. The van der Waals surface area contributed by atoms with E-state index in [0.717, 1.165) is 27.7 Å². The SMILES string of the molecule is Brc1cnc(CNCc2cc3c(s2)CCC3)c(Br)c1. The summed E-state index contributed by atoms with van der Waals surface area (Å²) in [5.74, 6) is 0. The fraction of sp³-hybridized carbons (Fsp3) is 0.357. The highest BCUT2D eigenvalue weighted by atomic mass is 79.9. The molecular weight excluding hydrogens is 388 g/mol. The van der Waals surface area contributed by atoms with E-state index in [2.05, 4.69) is 48.2 Å². The van der Waals surface area contributed by atoms with Crippen LogP contribution in [0.25, 0.3) is 0 Å². The standard InChI is InChI=1S/C14H14Br2N2S/c15-10-5-12(16)13(18-6-10)8-17-7-11-4-9-2-1-3-14(9)19-11/h4-6,17H,1-3,7-8H2. The van der Waals surface area contributed by atoms with Crippen molar-refractivity contribution in [1.82, 2.24) is 10.3 Å². The number of nitrogens with zero attached hydrogens (tertiary/aromatic N) is 1. The molecule has 5 heteroatoms. The lowest BCUT2D eigenvalue weighted by Gasteiger charge is -2.05. The third-order valence-electron chi connectivity index (χ3n) is 3.27. The van der Waals surface area contributed by atoms with Crippen LogP contribution in [0.3, 0.4) is 0 Å². The zero-order chi connectivity index (χ0) is 13.2. The maximum absolute atomic E-state index is 4.41. The molecule has 1 aliphatic carbocycles. The Kier molecular flexibility index (Phi) is 4.37. The monoisotopic (exact) mass is 400 g/mol. The Labute approximate surface area is 133 Å². The second kappa shape index (κ2) is 6.04. The van der Waals surface area contributed by atoms with Crippen molar-refractivity contribution in [2.45, 2.75) is 32.4 Å². The van der Waals surface area contributed by atoms with Crippen LogP contribution in [0, 0.1) is 0 Å². The number of nitrogens with one attached hydrogen (secondary N) is 1. The summed E-state index contributed by atoms with van der Waals surface area (Å²) < 4.78 is 2.04. The molecule has 0 atom stereocenters. The fourth-order valence-electron chi connectivity index (χ4n) is 2.35. The molecule has 0 spiro atoms. The number of thiophene rings is 1. The van der Waals surface area contributed by atoms with Gasteiger partial charge in [-0.05, 0) is 68.8 Å². The molecule has 0 saturated carbocycles. The molecule has 0 aromatic carbocycles. The summed E-state index contributed by atoms with van der Waals surface area (Å²) in [6.07, 6.45) is 5.72. The molecule has 0 amide bonds. The van der Waals surface area contributed by atoms with Crippen LogP contribution in [0.5, 0.6) is 0 Å². The molecule has 2 aromatic heterocycles. The topological polar surface area (TPSA) is 24.9 Å². The van der Waals surface area contributed by atoms with Gasteiger partial charge in [0.1, 0.15) is 0 Å². The fourth-order valence-corrected chi connectivity index (χ4v) is 4.71. The van der Waals surface area contributed by atoms with Crippen LogP contribution in [-0.4, -0.2) is 4.98 Å². The number of aromatic nitrogens is 1. The maximum Gasteiger partial charge on any atom is 0.0684 e. The van der Waals surface area contributed by atoms with Gasteiger partial charge in [-0.3, -0.25) is 4.98 Å². The molecule has 0 unspecified atom stereocenters. The van der Waals surface area contributed by atoms with E-state index in [0.29, 0.717) is 0 Å². The highest BCUT2D eigenvalue weighted by molar-refractivity contribution is 9.11. The molecular formula is C14H14Br2N2S. The average molecular weight is 402 g/mol. The summed E-state index contributed by atoms with van der Waals surface area (Å²) in [6.45, 7) is 1.72. The van der Waals surface area contributed by atoms with Crippen molar-refractivity contribution in [2.75, 3.05) is 0 Å². The first-order valence-electron chi connectivity index (χ1n) is 6.33. The quantitative estimate of drug-likeness (QED) is 0.818. The lowest BCUT2D eigenvalue weighted by molar-refractivity contribution is 0.683. The molecule has 0 radical (unpaired) electrons. The van der Waals surface area contributed by atoms with E-state index in [4.69, 9.17) is 0 Å². The summed E-state index contributed by atoms with van der Waals surface area (Å²) in [5.41, 5.74) is 2.62. The molecule has 3 rings (SSSR count). The predicted octanol–water partition coefficient (Wildman–Crippen LogP) is 4.45. The number of hydrogen-bond acceptors (Lipinski definition) is 3. The van der Waals surface area contributed by atoms with Crippen molar-refractivity contribution in [3.63, 3.8) is 0 Å². The summed E-state index contributed by atoms with van der Waals surface area (Å²) in [7, 11) is 0. The lowest BCUT2D eigenvalue weighted by atomic mass is 10.2. The zero-order valence-electron chi connectivity index (χ0n) is 10.4. The minimum Gasteiger partial charge on any atom is -0.306 e. The normalized spacial score (nSPS) is 13.8. The van der Waals surface area contributed by atoms with Gasteiger partial charge in [-0.1, -0.05) is 0 Å². The second-order valence-corrected chi connectivity index (χ2v) is 7.69. The number of hydrogen-bond donors (Lipinski definition) is 1. The molecule has 2 nitrogen and oxygen atoms in total. The van der Waals surface area contributed by atoms with Crippen molar-refractivity contribution in [1.29, 1.82) is 0 Å². The highest BCUT2D eigenvalue weighted by Gasteiger charge is 2.14. The van der Waals surface area contributed by atoms with Crippen molar-refractivity contribution < 1.29 is 0 Å². The van der Waals surface area contributed by atoms with Crippen molar-refractivity contribution >= 4 is 43.2 Å². The second-order valence-electron chi connectivity index (χ2n) is 4.70. The molecule has 0 bridgehead atoms. The Morgan fingerprint density at radius 3 is 2.89 bits per heavy atom. The molecule has 0 fully saturated rings. The number of fused-ring (bicyclic) bond motifs is 1. The van der Waals surface area contributed by atoms with Crippen LogP contribution in [-0.2, 0) is 25.9 Å². The third kappa shape index (κ3) is 3.27. The van der Waals surface area contributed by atoms with E-state index >= 15 is 0 Å². The van der Waals surface area contributed by atoms with Crippen LogP contribution in [0.4, 0.5) is 0 Å². The van der Waals surface area contributed by atoms with Crippen LogP contribution >= 0.6 is 43.2 Å². The van der Waals surface area contributed by atoms with Gasteiger partial charge in [0.2, 0.25) is 0 Å². The zero-order valence-corrected chi connectivity index (χ0v) is 14.4. The van der Waals surface area contributed by atoms with Crippen LogP contribution in [0.15, 0.2) is 27.3 Å². The van der Waals surface area contributed by atoms with Crippen LogP contribution in [0.2, 0.25) is 0 Å². The van der Waals surface area contributed by atoms with Gasteiger partial charge >= 0.3 is 0 Å².